The highest BCUT2D eigenvalue weighted by atomic mass is 35.5. The van der Waals surface area contributed by atoms with E-state index in [1.54, 1.807) is 18.5 Å². The van der Waals surface area contributed by atoms with Gasteiger partial charge in [0.25, 0.3) is 0 Å². The molecule has 2 rings (SSSR count). The summed E-state index contributed by atoms with van der Waals surface area (Å²) in [6, 6.07) is 11.4. The van der Waals surface area contributed by atoms with E-state index in [0.29, 0.717) is 11.4 Å². The second-order valence-electron chi connectivity index (χ2n) is 4.92. The van der Waals surface area contributed by atoms with Crippen molar-refractivity contribution < 1.29 is 5.11 Å². The van der Waals surface area contributed by atoms with Crippen LogP contribution in [0.1, 0.15) is 23.7 Å². The molecule has 0 radical (unpaired) electrons. The van der Waals surface area contributed by atoms with E-state index in [9.17, 15) is 5.11 Å². The molecule has 3 nitrogen and oxygen atoms in total. The normalized spacial score (nSPS) is 12.6. The maximum Gasteiger partial charge on any atom is 0.0816 e. The van der Waals surface area contributed by atoms with Crippen molar-refractivity contribution in [2.45, 2.75) is 19.1 Å². The number of pyridine rings is 1. The van der Waals surface area contributed by atoms with E-state index in [0.717, 1.165) is 18.7 Å². The average molecular weight is 291 g/mol. The van der Waals surface area contributed by atoms with Crippen molar-refractivity contribution in [3.63, 3.8) is 0 Å². The number of benzene rings is 1. The summed E-state index contributed by atoms with van der Waals surface area (Å²) in [5.41, 5.74) is 2.02. The number of halogens is 1. The SMILES string of the molecule is CN(CCC(O)c1ccccc1Cl)Cc1ccncc1. The number of nitrogens with zero attached hydrogens (tertiary/aromatic N) is 2. The van der Waals surface area contributed by atoms with Gasteiger partial charge in [0.15, 0.2) is 0 Å². The summed E-state index contributed by atoms with van der Waals surface area (Å²) in [5, 5.41) is 10.8. The highest BCUT2D eigenvalue weighted by Gasteiger charge is 2.12. The first kappa shape index (κ1) is 15.0. The molecular formula is C16H19ClN2O. The van der Waals surface area contributed by atoms with Crippen molar-refractivity contribution in [3.8, 4) is 0 Å². The molecule has 4 heteroatoms. The molecule has 1 atom stereocenters. The topological polar surface area (TPSA) is 36.4 Å². The van der Waals surface area contributed by atoms with E-state index < -0.39 is 6.10 Å². The van der Waals surface area contributed by atoms with Crippen LogP contribution in [0.15, 0.2) is 48.8 Å². The first-order valence-electron chi connectivity index (χ1n) is 6.67. The van der Waals surface area contributed by atoms with Crippen molar-refractivity contribution >= 4 is 11.6 Å². The highest BCUT2D eigenvalue weighted by Crippen LogP contribution is 2.24. The van der Waals surface area contributed by atoms with Crippen molar-refractivity contribution in [1.29, 1.82) is 0 Å². The van der Waals surface area contributed by atoms with E-state index >= 15 is 0 Å². The third-order valence-corrected chi connectivity index (χ3v) is 3.59. The zero-order valence-electron chi connectivity index (χ0n) is 11.5. The van der Waals surface area contributed by atoms with E-state index in [2.05, 4.69) is 9.88 Å². The summed E-state index contributed by atoms with van der Waals surface area (Å²) in [6.07, 6.45) is 3.72. The maximum absolute atomic E-state index is 10.2. The molecule has 20 heavy (non-hydrogen) atoms. The Balaban J connectivity index is 1.84. The summed E-state index contributed by atoms with van der Waals surface area (Å²) in [4.78, 5) is 6.18. The number of aromatic nitrogens is 1. The molecule has 0 spiro atoms. The Morgan fingerprint density at radius 3 is 2.60 bits per heavy atom. The number of hydrogen-bond acceptors (Lipinski definition) is 3. The minimum Gasteiger partial charge on any atom is -0.388 e. The standard InChI is InChI=1S/C16H19ClN2O/c1-19(12-13-6-9-18-10-7-13)11-8-16(20)14-4-2-3-5-15(14)17/h2-7,9-10,16,20H,8,11-12H2,1H3. The summed E-state index contributed by atoms with van der Waals surface area (Å²) in [6.45, 7) is 1.65. The second-order valence-corrected chi connectivity index (χ2v) is 5.33. The lowest BCUT2D eigenvalue weighted by Crippen LogP contribution is -2.21. The van der Waals surface area contributed by atoms with Gasteiger partial charge in [0, 0.05) is 30.5 Å². The van der Waals surface area contributed by atoms with Crippen molar-refractivity contribution in [2.75, 3.05) is 13.6 Å². The number of hydrogen-bond donors (Lipinski definition) is 1. The predicted molar refractivity (Wildman–Crippen MR) is 81.6 cm³/mol. The zero-order chi connectivity index (χ0) is 14.4. The van der Waals surface area contributed by atoms with Crippen LogP contribution in [0.4, 0.5) is 0 Å². The molecule has 0 amide bonds. The van der Waals surface area contributed by atoms with Gasteiger partial charge in [-0.1, -0.05) is 29.8 Å². The lowest BCUT2D eigenvalue weighted by atomic mass is 10.1. The Bertz CT molecular complexity index is 533. The van der Waals surface area contributed by atoms with E-state index in [-0.39, 0.29) is 0 Å². The van der Waals surface area contributed by atoms with Crippen LogP contribution in [0.3, 0.4) is 0 Å². The molecule has 2 aromatic rings. The summed E-state index contributed by atoms with van der Waals surface area (Å²) in [5.74, 6) is 0. The average Bonchev–Trinajstić information content (AvgIpc) is 2.46. The molecule has 0 saturated heterocycles. The van der Waals surface area contributed by atoms with Gasteiger partial charge in [0.05, 0.1) is 6.10 Å². The Hall–Kier alpha value is -1.42. The smallest absolute Gasteiger partial charge is 0.0816 e. The number of aliphatic hydroxyl groups is 1. The Kier molecular flexibility index (Phi) is 5.53. The summed E-state index contributed by atoms with van der Waals surface area (Å²) >= 11 is 6.08. The molecule has 1 unspecified atom stereocenters. The molecule has 106 valence electrons. The quantitative estimate of drug-likeness (QED) is 0.887. The predicted octanol–water partition coefficient (Wildman–Crippen LogP) is 3.29. The van der Waals surface area contributed by atoms with Crippen LogP contribution in [0.2, 0.25) is 5.02 Å². The largest absolute Gasteiger partial charge is 0.388 e. The van der Waals surface area contributed by atoms with Gasteiger partial charge < -0.3 is 10.0 Å². The number of rotatable bonds is 6. The van der Waals surface area contributed by atoms with Gasteiger partial charge in [0.1, 0.15) is 0 Å². The van der Waals surface area contributed by atoms with Gasteiger partial charge in [-0.25, -0.2) is 0 Å². The molecule has 0 aliphatic heterocycles. The molecule has 0 saturated carbocycles. The molecule has 1 N–H and O–H groups in total. The maximum atomic E-state index is 10.2. The van der Waals surface area contributed by atoms with Crippen molar-refractivity contribution in [1.82, 2.24) is 9.88 Å². The van der Waals surface area contributed by atoms with Crippen LogP contribution in [-0.2, 0) is 6.54 Å². The Labute approximate surface area is 124 Å². The first-order chi connectivity index (χ1) is 9.66. The fourth-order valence-corrected chi connectivity index (χ4v) is 2.38. The lowest BCUT2D eigenvalue weighted by molar-refractivity contribution is 0.148. The highest BCUT2D eigenvalue weighted by molar-refractivity contribution is 6.31. The molecule has 1 heterocycles. The minimum absolute atomic E-state index is 0.524. The van der Waals surface area contributed by atoms with Crippen LogP contribution in [0.25, 0.3) is 0 Å². The van der Waals surface area contributed by atoms with Crippen LogP contribution in [0.5, 0.6) is 0 Å². The van der Waals surface area contributed by atoms with Gasteiger partial charge in [-0.2, -0.15) is 0 Å². The molecule has 0 aliphatic carbocycles. The third kappa shape index (κ3) is 4.30. The van der Waals surface area contributed by atoms with Crippen LogP contribution in [0, 0.1) is 0 Å². The summed E-state index contributed by atoms with van der Waals surface area (Å²) < 4.78 is 0. The lowest BCUT2D eigenvalue weighted by Gasteiger charge is -2.19. The molecule has 1 aromatic carbocycles. The van der Waals surface area contributed by atoms with E-state index in [1.807, 2.05) is 37.4 Å². The fourth-order valence-electron chi connectivity index (χ4n) is 2.12. The third-order valence-electron chi connectivity index (χ3n) is 3.25. The Morgan fingerprint density at radius 2 is 1.90 bits per heavy atom. The zero-order valence-corrected chi connectivity index (χ0v) is 12.3. The Morgan fingerprint density at radius 1 is 1.20 bits per heavy atom. The van der Waals surface area contributed by atoms with Gasteiger partial charge in [0.2, 0.25) is 0 Å². The van der Waals surface area contributed by atoms with Gasteiger partial charge >= 0.3 is 0 Å². The van der Waals surface area contributed by atoms with Gasteiger partial charge in [-0.15, -0.1) is 0 Å². The van der Waals surface area contributed by atoms with Crippen LogP contribution in [-0.4, -0.2) is 28.6 Å². The second kappa shape index (κ2) is 7.39. The van der Waals surface area contributed by atoms with Crippen molar-refractivity contribution in [3.05, 3.63) is 64.9 Å². The minimum atomic E-state index is -0.524. The summed E-state index contributed by atoms with van der Waals surface area (Å²) in [7, 11) is 2.04. The van der Waals surface area contributed by atoms with Gasteiger partial charge in [-0.05, 0) is 42.8 Å². The fraction of sp³-hybridized carbons (Fsp3) is 0.312. The first-order valence-corrected chi connectivity index (χ1v) is 7.04. The van der Waals surface area contributed by atoms with E-state index in [4.69, 9.17) is 11.6 Å². The van der Waals surface area contributed by atoms with Crippen molar-refractivity contribution in [2.24, 2.45) is 0 Å². The molecule has 0 aliphatic rings. The number of aliphatic hydroxyl groups excluding tert-OH is 1. The molecule has 0 fully saturated rings. The van der Waals surface area contributed by atoms with E-state index in [1.165, 1.54) is 5.56 Å². The molecule has 0 bridgehead atoms. The monoisotopic (exact) mass is 290 g/mol. The molecule has 1 aromatic heterocycles. The van der Waals surface area contributed by atoms with Crippen LogP contribution < -0.4 is 0 Å². The molecular weight excluding hydrogens is 272 g/mol. The van der Waals surface area contributed by atoms with Crippen LogP contribution >= 0.6 is 11.6 Å². The van der Waals surface area contributed by atoms with Gasteiger partial charge in [-0.3, -0.25) is 4.98 Å².